The van der Waals surface area contributed by atoms with Gasteiger partial charge >= 0.3 is 0 Å². The SMILES string of the molecule is C[C@@H]1[C@H]2Cc3ccc(C(=O)NCCc4ccc(Oc5ccccc5)cc4)cc3[C@]1(C)CCN2CC1CC1. The van der Waals surface area contributed by atoms with Crippen molar-refractivity contribution in [3.63, 3.8) is 0 Å². The van der Waals surface area contributed by atoms with Crippen molar-refractivity contribution in [3.8, 4) is 11.5 Å². The van der Waals surface area contributed by atoms with Gasteiger partial charge in [-0.15, -0.1) is 0 Å². The molecule has 6 rings (SSSR count). The molecule has 1 N–H and O–H groups in total. The van der Waals surface area contributed by atoms with Crippen LogP contribution >= 0.6 is 0 Å². The third kappa shape index (κ3) is 5.04. The summed E-state index contributed by atoms with van der Waals surface area (Å²) in [5.41, 5.74) is 4.97. The molecule has 3 atom stereocenters. The molecule has 4 nitrogen and oxygen atoms in total. The Bertz CT molecular complexity index is 1250. The third-order valence-corrected chi connectivity index (χ3v) is 9.18. The molecular formula is C33H38N2O2. The van der Waals surface area contributed by atoms with Crippen molar-refractivity contribution in [3.05, 3.63) is 95.1 Å². The highest BCUT2D eigenvalue weighted by atomic mass is 16.5. The highest BCUT2D eigenvalue weighted by Gasteiger charge is 2.49. The molecule has 1 saturated carbocycles. The minimum Gasteiger partial charge on any atom is -0.457 e. The Morgan fingerprint density at radius 1 is 1.03 bits per heavy atom. The molecule has 3 aliphatic rings. The molecule has 2 fully saturated rings. The van der Waals surface area contributed by atoms with E-state index < -0.39 is 0 Å². The number of nitrogens with zero attached hydrogens (tertiary/aromatic N) is 1. The van der Waals surface area contributed by atoms with Crippen molar-refractivity contribution in [2.24, 2.45) is 11.8 Å². The smallest absolute Gasteiger partial charge is 0.251 e. The highest BCUT2D eigenvalue weighted by Crippen LogP contribution is 2.49. The van der Waals surface area contributed by atoms with Gasteiger partial charge in [0.15, 0.2) is 0 Å². The van der Waals surface area contributed by atoms with Crippen LogP contribution in [0.2, 0.25) is 0 Å². The quantitative estimate of drug-likeness (QED) is 0.395. The number of carbonyl (C=O) groups is 1. The van der Waals surface area contributed by atoms with E-state index in [1.165, 1.54) is 49.0 Å². The first-order valence-corrected chi connectivity index (χ1v) is 14.0. The summed E-state index contributed by atoms with van der Waals surface area (Å²) in [5, 5.41) is 3.15. The number of piperidine rings is 1. The summed E-state index contributed by atoms with van der Waals surface area (Å²) in [4.78, 5) is 15.8. The van der Waals surface area contributed by atoms with Crippen LogP contribution in [0, 0.1) is 11.8 Å². The number of fused-ring (bicyclic) bond motifs is 4. The molecule has 4 heteroatoms. The van der Waals surface area contributed by atoms with Crippen molar-refractivity contribution in [1.82, 2.24) is 10.2 Å². The van der Waals surface area contributed by atoms with E-state index in [0.29, 0.717) is 18.5 Å². The van der Waals surface area contributed by atoms with Crippen LogP contribution in [0.25, 0.3) is 0 Å². The molecule has 2 aliphatic carbocycles. The molecule has 0 aromatic heterocycles. The minimum absolute atomic E-state index is 0.0244. The molecule has 37 heavy (non-hydrogen) atoms. The Morgan fingerprint density at radius 3 is 2.54 bits per heavy atom. The van der Waals surface area contributed by atoms with Gasteiger partial charge in [0.1, 0.15) is 11.5 Å². The predicted molar refractivity (Wildman–Crippen MR) is 148 cm³/mol. The van der Waals surface area contributed by atoms with E-state index in [-0.39, 0.29) is 11.3 Å². The highest BCUT2D eigenvalue weighted by molar-refractivity contribution is 5.94. The summed E-state index contributed by atoms with van der Waals surface area (Å²) in [6, 6.07) is 25.0. The lowest BCUT2D eigenvalue weighted by Crippen LogP contribution is -2.58. The van der Waals surface area contributed by atoms with E-state index in [2.05, 4.69) is 48.3 Å². The molecule has 192 valence electrons. The van der Waals surface area contributed by atoms with Crippen LogP contribution in [0.15, 0.2) is 72.8 Å². The van der Waals surface area contributed by atoms with E-state index in [1.807, 2.05) is 48.5 Å². The Hall–Kier alpha value is -3.11. The number of benzene rings is 3. The summed E-state index contributed by atoms with van der Waals surface area (Å²) in [5.74, 6) is 3.21. The van der Waals surface area contributed by atoms with E-state index in [1.54, 1.807) is 0 Å². The largest absolute Gasteiger partial charge is 0.457 e. The van der Waals surface area contributed by atoms with Gasteiger partial charge in [-0.25, -0.2) is 0 Å². The average molecular weight is 495 g/mol. The van der Waals surface area contributed by atoms with Crippen molar-refractivity contribution < 1.29 is 9.53 Å². The van der Waals surface area contributed by atoms with Gasteiger partial charge in [0, 0.05) is 24.7 Å². The Kier molecular flexibility index (Phi) is 6.54. The second kappa shape index (κ2) is 9.98. The van der Waals surface area contributed by atoms with Gasteiger partial charge in [-0.1, -0.05) is 50.2 Å². The lowest BCUT2D eigenvalue weighted by atomic mass is 9.59. The monoisotopic (exact) mass is 494 g/mol. The molecule has 0 unspecified atom stereocenters. The van der Waals surface area contributed by atoms with Crippen LogP contribution in [0.5, 0.6) is 11.5 Å². The zero-order chi connectivity index (χ0) is 25.4. The van der Waals surface area contributed by atoms with E-state index in [4.69, 9.17) is 4.74 Å². The zero-order valence-corrected chi connectivity index (χ0v) is 22.1. The van der Waals surface area contributed by atoms with Gasteiger partial charge in [-0.05, 0) is 109 Å². The minimum atomic E-state index is 0.0244. The maximum absolute atomic E-state index is 13.1. The molecular weight excluding hydrogens is 456 g/mol. The number of carbonyl (C=O) groups excluding carboxylic acids is 1. The van der Waals surface area contributed by atoms with E-state index in [0.717, 1.165) is 35.8 Å². The number of ether oxygens (including phenoxy) is 1. The second-order valence-corrected chi connectivity index (χ2v) is 11.6. The Morgan fingerprint density at radius 2 is 1.78 bits per heavy atom. The van der Waals surface area contributed by atoms with Gasteiger partial charge in [0.05, 0.1) is 0 Å². The lowest BCUT2D eigenvalue weighted by molar-refractivity contribution is 0.0284. The number of hydrogen-bond donors (Lipinski definition) is 1. The lowest BCUT2D eigenvalue weighted by Gasteiger charge is -2.55. The summed E-state index contributed by atoms with van der Waals surface area (Å²) in [6.45, 7) is 7.96. The number of amides is 1. The van der Waals surface area contributed by atoms with Crippen molar-refractivity contribution in [1.29, 1.82) is 0 Å². The van der Waals surface area contributed by atoms with Crippen LogP contribution in [-0.2, 0) is 18.3 Å². The van der Waals surface area contributed by atoms with E-state index in [9.17, 15) is 4.79 Å². The Labute approximate surface area is 221 Å². The summed E-state index contributed by atoms with van der Waals surface area (Å²) >= 11 is 0. The van der Waals surface area contributed by atoms with E-state index >= 15 is 0 Å². The standard InChI is InChI=1S/C33H38N2O2/c1-23-31-21-26-12-13-27(20-30(26)33(23,2)17-19-35(31)22-25-8-9-25)32(36)34-18-16-24-10-14-29(15-11-24)37-28-6-4-3-5-7-28/h3-7,10-15,20,23,25,31H,8-9,16-19,21-22H2,1-2H3,(H,34,36)/t23-,31-,33-/m1/s1. The average Bonchev–Trinajstić information content (AvgIpc) is 3.73. The maximum Gasteiger partial charge on any atom is 0.251 e. The predicted octanol–water partition coefficient (Wildman–Crippen LogP) is 6.39. The molecule has 3 aromatic carbocycles. The second-order valence-electron chi connectivity index (χ2n) is 11.6. The topological polar surface area (TPSA) is 41.6 Å². The molecule has 1 heterocycles. The fraction of sp³-hybridized carbons (Fsp3) is 0.424. The zero-order valence-electron chi connectivity index (χ0n) is 22.1. The van der Waals surface area contributed by atoms with Crippen LogP contribution < -0.4 is 10.1 Å². The molecule has 0 radical (unpaired) electrons. The third-order valence-electron chi connectivity index (χ3n) is 9.18. The summed E-state index contributed by atoms with van der Waals surface area (Å²) in [7, 11) is 0. The number of likely N-dealkylation sites (tertiary alicyclic amines) is 1. The van der Waals surface area contributed by atoms with Gasteiger partial charge in [-0.3, -0.25) is 9.69 Å². The first-order valence-electron chi connectivity index (χ1n) is 14.0. The first-order chi connectivity index (χ1) is 18.0. The molecule has 3 aromatic rings. The number of rotatable bonds is 8. The normalized spacial score (nSPS) is 24.8. The van der Waals surface area contributed by atoms with Crippen LogP contribution in [0.4, 0.5) is 0 Å². The van der Waals surface area contributed by atoms with Crippen LogP contribution in [0.1, 0.15) is 60.2 Å². The van der Waals surface area contributed by atoms with Crippen LogP contribution in [0.3, 0.4) is 0 Å². The molecule has 0 spiro atoms. The van der Waals surface area contributed by atoms with Gasteiger partial charge in [0.2, 0.25) is 0 Å². The van der Waals surface area contributed by atoms with Crippen molar-refractivity contribution >= 4 is 5.91 Å². The fourth-order valence-corrected chi connectivity index (χ4v) is 6.48. The first kappa shape index (κ1) is 24.2. The number of hydrogen-bond acceptors (Lipinski definition) is 3. The molecule has 1 saturated heterocycles. The Balaban J connectivity index is 1.07. The maximum atomic E-state index is 13.1. The summed E-state index contributed by atoms with van der Waals surface area (Å²) < 4.78 is 5.88. The van der Waals surface area contributed by atoms with Gasteiger partial charge in [0.25, 0.3) is 5.91 Å². The molecule has 1 amide bonds. The van der Waals surface area contributed by atoms with Crippen molar-refractivity contribution in [2.75, 3.05) is 19.6 Å². The number of para-hydroxylation sites is 1. The van der Waals surface area contributed by atoms with Crippen LogP contribution in [-0.4, -0.2) is 36.5 Å². The van der Waals surface area contributed by atoms with Gasteiger partial charge in [-0.2, -0.15) is 0 Å². The molecule has 2 bridgehead atoms. The van der Waals surface area contributed by atoms with Crippen molar-refractivity contribution in [2.45, 2.75) is 57.4 Å². The van der Waals surface area contributed by atoms with Gasteiger partial charge < -0.3 is 10.1 Å². The fourth-order valence-electron chi connectivity index (χ4n) is 6.48. The molecule has 1 aliphatic heterocycles. The number of nitrogens with one attached hydrogen (secondary N) is 1. The summed E-state index contributed by atoms with van der Waals surface area (Å²) in [6.07, 6.45) is 5.91.